The molecule has 0 atom stereocenters. The Morgan fingerprint density at radius 3 is 2.53 bits per heavy atom. The van der Waals surface area contributed by atoms with E-state index in [0.717, 1.165) is 5.56 Å². The van der Waals surface area contributed by atoms with Crippen LogP contribution in [0, 0.1) is 6.92 Å². The highest BCUT2D eigenvalue weighted by molar-refractivity contribution is 5.77. The molecule has 0 aliphatic rings. The van der Waals surface area contributed by atoms with Gasteiger partial charge in [-0.25, -0.2) is 0 Å². The highest BCUT2D eigenvalue weighted by Crippen LogP contribution is 2.16. The van der Waals surface area contributed by atoms with Crippen molar-refractivity contribution in [3.05, 3.63) is 29.8 Å². The van der Waals surface area contributed by atoms with Crippen LogP contribution in [-0.2, 0) is 4.79 Å². The highest BCUT2D eigenvalue weighted by Gasteiger charge is 2.22. The van der Waals surface area contributed by atoms with E-state index in [1.807, 2.05) is 45.0 Å². The van der Waals surface area contributed by atoms with Crippen LogP contribution >= 0.6 is 0 Å². The molecule has 1 aromatic carbocycles. The fourth-order valence-electron chi connectivity index (χ4n) is 1.68. The van der Waals surface area contributed by atoms with Gasteiger partial charge in [-0.1, -0.05) is 32.0 Å². The number of para-hydroxylation sites is 1. The van der Waals surface area contributed by atoms with E-state index in [4.69, 9.17) is 4.74 Å². The highest BCUT2D eigenvalue weighted by atomic mass is 16.5. The second-order valence-corrected chi connectivity index (χ2v) is 4.76. The van der Waals surface area contributed by atoms with Crippen molar-refractivity contribution in [3.8, 4) is 5.75 Å². The number of carbonyl (C=O) groups excluding carboxylic acids is 1. The standard InChI is InChI=1S/C15H23NO3/c1-4-15(18,5-2)11-16-14(17)10-19-13-9-7-6-8-12(13)3/h6-9,18H,4-5,10-11H2,1-3H3,(H,16,17). The molecule has 4 heteroatoms. The lowest BCUT2D eigenvalue weighted by molar-refractivity contribution is -0.124. The zero-order valence-electron chi connectivity index (χ0n) is 11.9. The number of hydrogen-bond donors (Lipinski definition) is 2. The van der Waals surface area contributed by atoms with Crippen molar-refractivity contribution < 1.29 is 14.6 Å². The molecule has 0 saturated heterocycles. The number of aryl methyl sites for hydroxylation is 1. The largest absolute Gasteiger partial charge is 0.484 e. The van der Waals surface area contributed by atoms with Crippen molar-refractivity contribution in [1.29, 1.82) is 0 Å². The van der Waals surface area contributed by atoms with Crippen LogP contribution < -0.4 is 10.1 Å². The van der Waals surface area contributed by atoms with Crippen molar-refractivity contribution in [2.45, 2.75) is 39.2 Å². The van der Waals surface area contributed by atoms with Gasteiger partial charge < -0.3 is 15.2 Å². The van der Waals surface area contributed by atoms with Crippen molar-refractivity contribution >= 4 is 5.91 Å². The van der Waals surface area contributed by atoms with E-state index in [-0.39, 0.29) is 19.1 Å². The van der Waals surface area contributed by atoms with E-state index in [0.29, 0.717) is 18.6 Å². The van der Waals surface area contributed by atoms with Gasteiger partial charge in [0, 0.05) is 6.54 Å². The molecule has 0 spiro atoms. The number of rotatable bonds is 7. The van der Waals surface area contributed by atoms with Gasteiger partial charge in [-0.15, -0.1) is 0 Å². The predicted molar refractivity (Wildman–Crippen MR) is 75.2 cm³/mol. The Labute approximate surface area is 114 Å². The summed E-state index contributed by atoms with van der Waals surface area (Å²) >= 11 is 0. The molecule has 19 heavy (non-hydrogen) atoms. The Bertz CT molecular complexity index is 414. The number of benzene rings is 1. The first-order valence-electron chi connectivity index (χ1n) is 6.68. The average Bonchev–Trinajstić information content (AvgIpc) is 2.44. The molecule has 2 N–H and O–H groups in total. The second kappa shape index (κ2) is 7.14. The van der Waals surface area contributed by atoms with Crippen LogP contribution in [0.25, 0.3) is 0 Å². The Morgan fingerprint density at radius 1 is 1.32 bits per heavy atom. The number of aliphatic hydroxyl groups is 1. The third-order valence-electron chi connectivity index (χ3n) is 3.38. The SMILES string of the molecule is CCC(O)(CC)CNC(=O)COc1ccccc1C. The third-order valence-corrected chi connectivity index (χ3v) is 3.38. The topological polar surface area (TPSA) is 58.6 Å². The molecule has 0 aliphatic heterocycles. The van der Waals surface area contributed by atoms with Crippen LogP contribution in [-0.4, -0.2) is 29.8 Å². The summed E-state index contributed by atoms with van der Waals surface area (Å²) in [5.41, 5.74) is 0.173. The first kappa shape index (κ1) is 15.5. The smallest absolute Gasteiger partial charge is 0.258 e. The first-order chi connectivity index (χ1) is 9.00. The van der Waals surface area contributed by atoms with E-state index in [9.17, 15) is 9.90 Å². The van der Waals surface area contributed by atoms with Gasteiger partial charge in [-0.05, 0) is 31.4 Å². The molecule has 0 aliphatic carbocycles. The van der Waals surface area contributed by atoms with Crippen LogP contribution in [0.5, 0.6) is 5.75 Å². The predicted octanol–water partition coefficient (Wildman–Crippen LogP) is 2.04. The molecule has 0 radical (unpaired) electrons. The van der Waals surface area contributed by atoms with E-state index < -0.39 is 5.60 Å². The minimum atomic E-state index is -0.821. The summed E-state index contributed by atoms with van der Waals surface area (Å²) in [5, 5.41) is 12.8. The van der Waals surface area contributed by atoms with Crippen LogP contribution in [0.15, 0.2) is 24.3 Å². The molecule has 106 valence electrons. The fourth-order valence-corrected chi connectivity index (χ4v) is 1.68. The lowest BCUT2D eigenvalue weighted by Gasteiger charge is -2.25. The molecule has 0 heterocycles. The van der Waals surface area contributed by atoms with E-state index in [1.165, 1.54) is 0 Å². The number of carbonyl (C=O) groups is 1. The molecule has 0 saturated carbocycles. The van der Waals surface area contributed by atoms with E-state index >= 15 is 0 Å². The van der Waals surface area contributed by atoms with E-state index in [1.54, 1.807) is 0 Å². The molecule has 1 rings (SSSR count). The van der Waals surface area contributed by atoms with Gasteiger partial charge in [0.25, 0.3) is 5.91 Å². The molecule has 1 aromatic rings. The zero-order valence-corrected chi connectivity index (χ0v) is 11.9. The number of nitrogens with one attached hydrogen (secondary N) is 1. The quantitative estimate of drug-likeness (QED) is 0.793. The molecule has 1 amide bonds. The van der Waals surface area contributed by atoms with Crippen LogP contribution in [0.4, 0.5) is 0 Å². The summed E-state index contributed by atoms with van der Waals surface area (Å²) in [7, 11) is 0. The average molecular weight is 265 g/mol. The second-order valence-electron chi connectivity index (χ2n) is 4.76. The fraction of sp³-hybridized carbons (Fsp3) is 0.533. The van der Waals surface area contributed by atoms with Crippen LogP contribution in [0.1, 0.15) is 32.3 Å². The normalized spacial score (nSPS) is 11.2. The number of ether oxygens (including phenoxy) is 1. The summed E-state index contributed by atoms with van der Waals surface area (Å²) in [5.74, 6) is 0.488. The van der Waals surface area contributed by atoms with Gasteiger partial charge in [0.1, 0.15) is 5.75 Å². The Balaban J connectivity index is 2.39. The Morgan fingerprint density at radius 2 is 1.95 bits per heavy atom. The summed E-state index contributed by atoms with van der Waals surface area (Å²) < 4.78 is 5.44. The van der Waals surface area contributed by atoms with Gasteiger partial charge in [0.05, 0.1) is 5.60 Å². The molecular weight excluding hydrogens is 242 g/mol. The van der Waals surface area contributed by atoms with Gasteiger partial charge in [-0.3, -0.25) is 4.79 Å². The van der Waals surface area contributed by atoms with Crippen molar-refractivity contribution in [2.75, 3.05) is 13.2 Å². The van der Waals surface area contributed by atoms with Gasteiger partial charge in [-0.2, -0.15) is 0 Å². The van der Waals surface area contributed by atoms with Gasteiger partial charge >= 0.3 is 0 Å². The summed E-state index contributed by atoms with van der Waals surface area (Å²) in [4.78, 5) is 11.7. The van der Waals surface area contributed by atoms with Crippen molar-refractivity contribution in [1.82, 2.24) is 5.32 Å². The zero-order chi connectivity index (χ0) is 14.3. The maximum atomic E-state index is 11.7. The maximum Gasteiger partial charge on any atom is 0.258 e. The first-order valence-corrected chi connectivity index (χ1v) is 6.68. The monoisotopic (exact) mass is 265 g/mol. The van der Waals surface area contributed by atoms with Crippen LogP contribution in [0.3, 0.4) is 0 Å². The van der Waals surface area contributed by atoms with Crippen molar-refractivity contribution in [3.63, 3.8) is 0 Å². The number of hydrogen-bond acceptors (Lipinski definition) is 3. The molecule has 4 nitrogen and oxygen atoms in total. The lowest BCUT2D eigenvalue weighted by Crippen LogP contribution is -2.43. The van der Waals surface area contributed by atoms with Gasteiger partial charge in [0.15, 0.2) is 6.61 Å². The molecular formula is C15H23NO3. The maximum absolute atomic E-state index is 11.7. The Kier molecular flexibility index (Phi) is 5.83. The lowest BCUT2D eigenvalue weighted by atomic mass is 9.98. The van der Waals surface area contributed by atoms with E-state index in [2.05, 4.69) is 5.32 Å². The van der Waals surface area contributed by atoms with Crippen LogP contribution in [0.2, 0.25) is 0 Å². The minimum absolute atomic E-state index is 0.0334. The van der Waals surface area contributed by atoms with Crippen molar-refractivity contribution in [2.24, 2.45) is 0 Å². The minimum Gasteiger partial charge on any atom is -0.484 e. The third kappa shape index (κ3) is 4.91. The summed E-state index contributed by atoms with van der Waals surface area (Å²) in [6, 6.07) is 7.55. The summed E-state index contributed by atoms with van der Waals surface area (Å²) in [6.45, 7) is 5.96. The van der Waals surface area contributed by atoms with Gasteiger partial charge in [0.2, 0.25) is 0 Å². The summed E-state index contributed by atoms with van der Waals surface area (Å²) in [6.07, 6.45) is 1.23. The Hall–Kier alpha value is -1.55. The molecule has 0 aromatic heterocycles. The molecule has 0 unspecified atom stereocenters. The number of amides is 1. The molecule has 0 fully saturated rings. The molecule has 0 bridgehead atoms.